The van der Waals surface area contributed by atoms with Crippen LogP contribution in [-0.2, 0) is 0 Å². The third kappa shape index (κ3) is 2.53. The van der Waals surface area contributed by atoms with Gasteiger partial charge in [0.25, 0.3) is 0 Å². The second kappa shape index (κ2) is 5.78. The van der Waals surface area contributed by atoms with Crippen LogP contribution in [0.2, 0.25) is 0 Å². The zero-order valence-electron chi connectivity index (χ0n) is 13.7. The molecule has 4 rings (SSSR count). The summed E-state index contributed by atoms with van der Waals surface area (Å²) in [6.07, 6.45) is 3.02. The summed E-state index contributed by atoms with van der Waals surface area (Å²) in [6.45, 7) is 7.72. The maximum absolute atomic E-state index is 4.94. The number of pyridine rings is 1. The molecule has 0 spiro atoms. The predicted molar refractivity (Wildman–Crippen MR) is 93.1 cm³/mol. The molecule has 0 N–H and O–H groups in total. The summed E-state index contributed by atoms with van der Waals surface area (Å²) < 4.78 is 2.26. The van der Waals surface area contributed by atoms with E-state index in [0.717, 1.165) is 42.3 Å². The number of hydrogen-bond acceptors (Lipinski definition) is 3. The van der Waals surface area contributed by atoms with Gasteiger partial charge in [-0.2, -0.15) is 0 Å². The minimum Gasteiger partial charge on any atom is -0.303 e. The lowest BCUT2D eigenvalue weighted by atomic mass is 10.1. The van der Waals surface area contributed by atoms with Gasteiger partial charge in [0.15, 0.2) is 5.65 Å². The molecule has 1 aromatic carbocycles. The second-order valence-corrected chi connectivity index (χ2v) is 6.37. The van der Waals surface area contributed by atoms with Gasteiger partial charge in [0.2, 0.25) is 0 Å². The number of aryl methyl sites for hydroxylation is 1. The van der Waals surface area contributed by atoms with Crippen molar-refractivity contribution in [3.8, 4) is 5.69 Å². The number of likely N-dealkylation sites (tertiary alicyclic amines) is 1. The lowest BCUT2D eigenvalue weighted by Gasteiger charge is -2.15. The van der Waals surface area contributed by atoms with Crippen LogP contribution in [0.5, 0.6) is 0 Å². The first-order valence-electron chi connectivity index (χ1n) is 8.39. The molecule has 1 aliphatic heterocycles. The standard InChI is InChI=1S/C19H22N4/c1-3-22-11-9-15(13-22)18-21-17-8-5-10-20-19(17)23(18)16-7-4-6-14(2)12-16/h4-8,10,12,15H,3,9,11,13H2,1-2H3. The minimum absolute atomic E-state index is 0.477. The summed E-state index contributed by atoms with van der Waals surface area (Å²) >= 11 is 0. The Morgan fingerprint density at radius 1 is 1.22 bits per heavy atom. The van der Waals surface area contributed by atoms with Crippen molar-refractivity contribution < 1.29 is 0 Å². The molecule has 1 fully saturated rings. The van der Waals surface area contributed by atoms with E-state index in [1.165, 1.54) is 12.0 Å². The lowest BCUT2D eigenvalue weighted by molar-refractivity contribution is 0.352. The largest absolute Gasteiger partial charge is 0.303 e. The van der Waals surface area contributed by atoms with Crippen LogP contribution in [0.3, 0.4) is 0 Å². The Bertz CT molecular complexity index is 836. The van der Waals surface area contributed by atoms with Crippen molar-refractivity contribution >= 4 is 11.2 Å². The van der Waals surface area contributed by atoms with Gasteiger partial charge in [-0.05, 0) is 56.3 Å². The minimum atomic E-state index is 0.477. The molecule has 23 heavy (non-hydrogen) atoms. The number of fused-ring (bicyclic) bond motifs is 1. The average molecular weight is 306 g/mol. The monoisotopic (exact) mass is 306 g/mol. The van der Waals surface area contributed by atoms with Gasteiger partial charge in [-0.15, -0.1) is 0 Å². The van der Waals surface area contributed by atoms with Crippen molar-refractivity contribution in [2.45, 2.75) is 26.2 Å². The maximum Gasteiger partial charge on any atom is 0.164 e. The summed E-state index contributed by atoms with van der Waals surface area (Å²) in [5.74, 6) is 1.63. The molecule has 0 bridgehead atoms. The molecular formula is C19H22N4. The van der Waals surface area contributed by atoms with Crippen molar-refractivity contribution in [2.75, 3.05) is 19.6 Å². The molecule has 2 aromatic heterocycles. The molecule has 0 radical (unpaired) electrons. The van der Waals surface area contributed by atoms with Crippen LogP contribution >= 0.6 is 0 Å². The Balaban J connectivity index is 1.88. The zero-order valence-corrected chi connectivity index (χ0v) is 13.7. The van der Waals surface area contributed by atoms with E-state index < -0.39 is 0 Å². The highest BCUT2D eigenvalue weighted by molar-refractivity contribution is 5.74. The third-order valence-corrected chi connectivity index (χ3v) is 4.79. The summed E-state index contributed by atoms with van der Waals surface area (Å²) in [7, 11) is 0. The van der Waals surface area contributed by atoms with Gasteiger partial charge >= 0.3 is 0 Å². The summed E-state index contributed by atoms with van der Waals surface area (Å²) in [6, 6.07) is 12.6. The molecule has 4 nitrogen and oxygen atoms in total. The average Bonchev–Trinajstić information content (AvgIpc) is 3.19. The molecule has 1 saturated heterocycles. The first kappa shape index (κ1) is 14.4. The molecule has 3 heterocycles. The fourth-order valence-electron chi connectivity index (χ4n) is 3.56. The molecule has 1 aliphatic rings. The van der Waals surface area contributed by atoms with E-state index in [-0.39, 0.29) is 0 Å². The van der Waals surface area contributed by atoms with E-state index in [4.69, 9.17) is 4.98 Å². The van der Waals surface area contributed by atoms with Gasteiger partial charge in [-0.1, -0.05) is 19.1 Å². The molecule has 0 aliphatic carbocycles. The van der Waals surface area contributed by atoms with Gasteiger partial charge in [0.1, 0.15) is 11.3 Å². The highest BCUT2D eigenvalue weighted by atomic mass is 15.2. The molecule has 118 valence electrons. The van der Waals surface area contributed by atoms with Gasteiger partial charge < -0.3 is 4.90 Å². The predicted octanol–water partition coefficient (Wildman–Crippen LogP) is 3.54. The molecule has 3 aromatic rings. The quantitative estimate of drug-likeness (QED) is 0.742. The van der Waals surface area contributed by atoms with E-state index in [9.17, 15) is 0 Å². The maximum atomic E-state index is 4.94. The Morgan fingerprint density at radius 3 is 2.91 bits per heavy atom. The van der Waals surface area contributed by atoms with Crippen LogP contribution < -0.4 is 0 Å². The van der Waals surface area contributed by atoms with Crippen LogP contribution in [0.25, 0.3) is 16.9 Å². The summed E-state index contributed by atoms with van der Waals surface area (Å²) in [4.78, 5) is 12.0. The van der Waals surface area contributed by atoms with Crippen molar-refractivity contribution in [1.29, 1.82) is 0 Å². The van der Waals surface area contributed by atoms with E-state index in [0.29, 0.717) is 5.92 Å². The van der Waals surface area contributed by atoms with E-state index in [1.807, 2.05) is 12.3 Å². The summed E-state index contributed by atoms with van der Waals surface area (Å²) in [5.41, 5.74) is 4.37. The number of imidazole rings is 1. The molecular weight excluding hydrogens is 284 g/mol. The van der Waals surface area contributed by atoms with Gasteiger partial charge in [0, 0.05) is 24.3 Å². The van der Waals surface area contributed by atoms with Crippen molar-refractivity contribution in [3.63, 3.8) is 0 Å². The molecule has 0 saturated carbocycles. The lowest BCUT2D eigenvalue weighted by Crippen LogP contribution is -2.20. The number of aromatic nitrogens is 3. The molecule has 4 heteroatoms. The van der Waals surface area contributed by atoms with E-state index in [1.54, 1.807) is 0 Å². The van der Waals surface area contributed by atoms with Gasteiger partial charge in [-0.25, -0.2) is 9.97 Å². The van der Waals surface area contributed by atoms with Gasteiger partial charge in [0.05, 0.1) is 0 Å². The van der Waals surface area contributed by atoms with Crippen molar-refractivity contribution in [1.82, 2.24) is 19.4 Å². The SMILES string of the molecule is CCN1CCC(c2nc3cccnc3n2-c2cccc(C)c2)C1. The molecule has 1 unspecified atom stereocenters. The third-order valence-electron chi connectivity index (χ3n) is 4.79. The Kier molecular flexibility index (Phi) is 3.62. The topological polar surface area (TPSA) is 34.0 Å². The Hall–Kier alpha value is -2.20. The van der Waals surface area contributed by atoms with Crippen LogP contribution in [0, 0.1) is 6.92 Å². The second-order valence-electron chi connectivity index (χ2n) is 6.37. The highest BCUT2D eigenvalue weighted by Gasteiger charge is 2.28. The van der Waals surface area contributed by atoms with E-state index >= 15 is 0 Å². The Labute approximate surface area is 136 Å². The first-order chi connectivity index (χ1) is 11.3. The van der Waals surface area contributed by atoms with Crippen molar-refractivity contribution in [3.05, 3.63) is 54.0 Å². The van der Waals surface area contributed by atoms with Crippen LogP contribution in [0.4, 0.5) is 0 Å². The first-order valence-corrected chi connectivity index (χ1v) is 8.39. The highest BCUT2D eigenvalue weighted by Crippen LogP contribution is 2.31. The smallest absolute Gasteiger partial charge is 0.164 e. The molecule has 0 amide bonds. The number of likely N-dealkylation sites (N-methyl/N-ethyl adjacent to an activating group) is 1. The number of nitrogens with zero attached hydrogens (tertiary/aromatic N) is 4. The van der Waals surface area contributed by atoms with Crippen LogP contribution in [0.1, 0.15) is 30.7 Å². The number of benzene rings is 1. The van der Waals surface area contributed by atoms with Crippen molar-refractivity contribution in [2.24, 2.45) is 0 Å². The fraction of sp³-hybridized carbons (Fsp3) is 0.368. The summed E-state index contributed by atoms with van der Waals surface area (Å²) in [5, 5.41) is 0. The zero-order chi connectivity index (χ0) is 15.8. The molecule has 1 atom stereocenters. The number of rotatable bonds is 3. The fourth-order valence-corrected chi connectivity index (χ4v) is 3.56. The van der Waals surface area contributed by atoms with Crippen LogP contribution in [0.15, 0.2) is 42.6 Å². The van der Waals surface area contributed by atoms with Crippen LogP contribution in [-0.4, -0.2) is 39.1 Å². The Morgan fingerprint density at radius 2 is 2.13 bits per heavy atom. The number of hydrogen-bond donors (Lipinski definition) is 0. The van der Waals surface area contributed by atoms with E-state index in [2.05, 4.69) is 58.6 Å². The normalized spacial score (nSPS) is 18.8. The van der Waals surface area contributed by atoms with Gasteiger partial charge in [-0.3, -0.25) is 4.57 Å².